The first kappa shape index (κ1) is 18.5. The Morgan fingerprint density at radius 3 is 2.74 bits per heavy atom. The normalized spacial score (nSPS) is 22.3. The van der Waals surface area contributed by atoms with E-state index in [9.17, 15) is 9.90 Å². The van der Waals surface area contributed by atoms with E-state index in [0.29, 0.717) is 23.8 Å². The second-order valence-electron chi connectivity index (χ2n) is 7.42. The summed E-state index contributed by atoms with van der Waals surface area (Å²) in [5, 5.41) is 21.4. The predicted octanol–water partition coefficient (Wildman–Crippen LogP) is 2.10. The highest BCUT2D eigenvalue weighted by molar-refractivity contribution is 6.30. The van der Waals surface area contributed by atoms with Gasteiger partial charge in [-0.25, -0.2) is 4.68 Å². The predicted molar refractivity (Wildman–Crippen MR) is 105 cm³/mol. The molecular weight excluding hydrogens is 364 g/mol. The number of halogens is 1. The lowest BCUT2D eigenvalue weighted by Gasteiger charge is -2.13. The maximum absolute atomic E-state index is 12.9. The van der Waals surface area contributed by atoms with Crippen LogP contribution in [0.25, 0.3) is 5.69 Å². The quantitative estimate of drug-likeness (QED) is 0.701. The first-order valence-electron chi connectivity index (χ1n) is 9.67. The molecule has 0 spiro atoms. The molecular formula is C20H25ClN4O2. The summed E-state index contributed by atoms with van der Waals surface area (Å²) in [7, 11) is 0. The van der Waals surface area contributed by atoms with Gasteiger partial charge in [0.2, 0.25) is 0 Å². The zero-order chi connectivity index (χ0) is 18.8. The van der Waals surface area contributed by atoms with Crippen molar-refractivity contribution < 1.29 is 9.90 Å². The first-order chi connectivity index (χ1) is 13.1. The average molecular weight is 389 g/mol. The molecule has 0 bridgehead atoms. The zero-order valence-corrected chi connectivity index (χ0v) is 16.0. The van der Waals surface area contributed by atoms with Crippen LogP contribution in [0.4, 0.5) is 0 Å². The van der Waals surface area contributed by atoms with Crippen LogP contribution in [0.15, 0.2) is 24.3 Å². The van der Waals surface area contributed by atoms with Crippen LogP contribution in [0.1, 0.15) is 41.0 Å². The highest BCUT2D eigenvalue weighted by Crippen LogP contribution is 2.27. The minimum absolute atomic E-state index is 0.0471. The fourth-order valence-electron chi connectivity index (χ4n) is 3.99. The van der Waals surface area contributed by atoms with Crippen LogP contribution in [0.2, 0.25) is 5.02 Å². The summed E-state index contributed by atoms with van der Waals surface area (Å²) in [6.07, 6.45) is 4.73. The van der Waals surface area contributed by atoms with Crippen LogP contribution in [0.5, 0.6) is 0 Å². The minimum Gasteiger partial charge on any atom is -0.391 e. The molecule has 1 saturated heterocycles. The van der Waals surface area contributed by atoms with E-state index in [2.05, 4.69) is 15.7 Å². The number of rotatable bonds is 4. The number of β-amino-alcohol motifs (C(OH)–C–C–N with tert-alkyl or cyclic N) is 1. The third-order valence-corrected chi connectivity index (χ3v) is 5.80. The van der Waals surface area contributed by atoms with E-state index in [1.54, 1.807) is 0 Å². The van der Waals surface area contributed by atoms with Gasteiger partial charge < -0.3 is 15.7 Å². The molecule has 1 aliphatic carbocycles. The van der Waals surface area contributed by atoms with Gasteiger partial charge in [-0.3, -0.25) is 4.79 Å². The largest absolute Gasteiger partial charge is 0.391 e. The van der Waals surface area contributed by atoms with Crippen LogP contribution in [-0.2, 0) is 12.8 Å². The van der Waals surface area contributed by atoms with E-state index in [4.69, 9.17) is 11.6 Å². The number of aliphatic hydroxyl groups excluding tert-OH is 1. The van der Waals surface area contributed by atoms with Gasteiger partial charge in [0.05, 0.1) is 11.8 Å². The topological polar surface area (TPSA) is 79.2 Å². The van der Waals surface area contributed by atoms with Gasteiger partial charge in [0.25, 0.3) is 5.91 Å². The molecule has 2 aliphatic rings. The molecule has 27 heavy (non-hydrogen) atoms. The van der Waals surface area contributed by atoms with Crippen molar-refractivity contribution in [3.63, 3.8) is 0 Å². The number of carbonyl (C=O) groups is 1. The number of hydrogen-bond donors (Lipinski definition) is 3. The van der Waals surface area contributed by atoms with Gasteiger partial charge in [-0.2, -0.15) is 5.10 Å². The van der Waals surface area contributed by atoms with E-state index in [0.717, 1.165) is 55.6 Å². The molecule has 1 aromatic carbocycles. The first-order valence-corrected chi connectivity index (χ1v) is 10.0. The number of aliphatic hydroxyl groups is 1. The van der Waals surface area contributed by atoms with Gasteiger partial charge in [-0.15, -0.1) is 0 Å². The van der Waals surface area contributed by atoms with E-state index >= 15 is 0 Å². The molecule has 4 rings (SSSR count). The van der Waals surface area contributed by atoms with Crippen molar-refractivity contribution in [3.8, 4) is 5.69 Å². The van der Waals surface area contributed by atoms with Crippen LogP contribution in [-0.4, -0.2) is 46.5 Å². The monoisotopic (exact) mass is 388 g/mol. The molecule has 144 valence electrons. The summed E-state index contributed by atoms with van der Waals surface area (Å²) in [6, 6.07) is 7.55. The molecule has 2 unspecified atom stereocenters. The lowest BCUT2D eigenvalue weighted by molar-refractivity contribution is 0.0921. The van der Waals surface area contributed by atoms with Crippen molar-refractivity contribution in [2.75, 3.05) is 19.6 Å². The molecule has 1 aromatic heterocycles. The smallest absolute Gasteiger partial charge is 0.272 e. The Morgan fingerprint density at radius 2 is 2.00 bits per heavy atom. The number of fused-ring (bicyclic) bond motifs is 1. The van der Waals surface area contributed by atoms with Crippen molar-refractivity contribution in [2.24, 2.45) is 5.92 Å². The number of hydrogen-bond acceptors (Lipinski definition) is 4. The third-order valence-electron chi connectivity index (χ3n) is 5.55. The van der Waals surface area contributed by atoms with Gasteiger partial charge in [0, 0.05) is 41.8 Å². The molecule has 2 atom stereocenters. The van der Waals surface area contributed by atoms with Gasteiger partial charge in [-0.05, 0) is 49.9 Å². The van der Waals surface area contributed by atoms with Crippen molar-refractivity contribution in [2.45, 2.75) is 38.2 Å². The number of carbonyl (C=O) groups excluding carboxylic acids is 1. The fraction of sp³-hybridized carbons (Fsp3) is 0.500. The van der Waals surface area contributed by atoms with E-state index in [1.165, 1.54) is 0 Å². The van der Waals surface area contributed by atoms with E-state index in [1.807, 2.05) is 28.9 Å². The minimum atomic E-state index is -0.408. The molecule has 2 aromatic rings. The average Bonchev–Trinajstić information content (AvgIpc) is 3.15. The summed E-state index contributed by atoms with van der Waals surface area (Å²) in [6.45, 7) is 1.76. The van der Waals surface area contributed by atoms with Crippen molar-refractivity contribution in [3.05, 3.63) is 46.2 Å². The standard InChI is InChI=1S/C20H25ClN4O2/c21-14-6-8-15(9-7-14)25-17-5-3-1-2-4-16(17)19(24-25)20(27)23-11-13-10-22-12-18(13)26/h6-9,13,18,22,26H,1-5,10-12H2,(H,23,27). The summed E-state index contributed by atoms with van der Waals surface area (Å²) in [5.41, 5.74) is 3.63. The molecule has 1 fully saturated rings. The molecule has 3 N–H and O–H groups in total. The van der Waals surface area contributed by atoms with Gasteiger partial charge in [0.15, 0.2) is 5.69 Å². The summed E-state index contributed by atoms with van der Waals surface area (Å²) in [5.74, 6) is -0.106. The number of aromatic nitrogens is 2. The Kier molecular flexibility index (Phi) is 5.48. The maximum Gasteiger partial charge on any atom is 0.272 e. The molecule has 2 heterocycles. The molecule has 0 radical (unpaired) electrons. The summed E-state index contributed by atoms with van der Waals surface area (Å²) < 4.78 is 1.90. The molecule has 6 nitrogen and oxygen atoms in total. The number of nitrogens with zero attached hydrogens (tertiary/aromatic N) is 2. The zero-order valence-electron chi connectivity index (χ0n) is 15.2. The lowest BCUT2D eigenvalue weighted by atomic mass is 10.1. The molecule has 1 aliphatic heterocycles. The molecule has 0 saturated carbocycles. The van der Waals surface area contributed by atoms with Crippen molar-refractivity contribution in [1.82, 2.24) is 20.4 Å². The SMILES string of the molecule is O=C(NCC1CNCC1O)c1nn(-c2ccc(Cl)cc2)c2c1CCCCC2. The molecule has 1 amide bonds. The lowest BCUT2D eigenvalue weighted by Crippen LogP contribution is -2.35. The fourth-order valence-corrected chi connectivity index (χ4v) is 4.12. The van der Waals surface area contributed by atoms with Crippen LogP contribution >= 0.6 is 11.6 Å². The number of amides is 1. The second-order valence-corrected chi connectivity index (χ2v) is 7.85. The van der Waals surface area contributed by atoms with Crippen molar-refractivity contribution in [1.29, 1.82) is 0 Å². The van der Waals surface area contributed by atoms with Crippen molar-refractivity contribution >= 4 is 17.5 Å². The summed E-state index contributed by atoms with van der Waals surface area (Å²) >= 11 is 6.02. The van der Waals surface area contributed by atoms with E-state index < -0.39 is 6.10 Å². The highest BCUT2D eigenvalue weighted by atomic mass is 35.5. The Hall–Kier alpha value is -1.89. The maximum atomic E-state index is 12.9. The number of nitrogens with one attached hydrogen (secondary N) is 2. The van der Waals surface area contributed by atoms with Gasteiger partial charge in [-0.1, -0.05) is 18.0 Å². The molecule has 7 heteroatoms. The van der Waals surface area contributed by atoms with Gasteiger partial charge in [0.1, 0.15) is 0 Å². The van der Waals surface area contributed by atoms with Crippen LogP contribution in [0, 0.1) is 5.92 Å². The highest BCUT2D eigenvalue weighted by Gasteiger charge is 2.28. The Balaban J connectivity index is 1.61. The Bertz CT molecular complexity index is 818. The van der Waals surface area contributed by atoms with Crippen LogP contribution < -0.4 is 10.6 Å². The van der Waals surface area contributed by atoms with Gasteiger partial charge >= 0.3 is 0 Å². The Labute approximate surface area is 163 Å². The second kappa shape index (κ2) is 8.00. The van der Waals surface area contributed by atoms with E-state index in [-0.39, 0.29) is 11.8 Å². The van der Waals surface area contributed by atoms with Crippen LogP contribution in [0.3, 0.4) is 0 Å². The third kappa shape index (κ3) is 3.88. The number of benzene rings is 1. The Morgan fingerprint density at radius 1 is 1.22 bits per heavy atom. The summed E-state index contributed by atoms with van der Waals surface area (Å²) in [4.78, 5) is 12.9.